The van der Waals surface area contributed by atoms with Gasteiger partial charge in [0, 0.05) is 13.6 Å². The number of benzene rings is 1. The highest BCUT2D eigenvalue weighted by Gasteiger charge is 2.15. The van der Waals surface area contributed by atoms with Crippen LogP contribution < -0.4 is 10.5 Å². The molecule has 0 spiro atoms. The Balaban J connectivity index is 1.86. The van der Waals surface area contributed by atoms with Crippen molar-refractivity contribution in [1.82, 2.24) is 19.3 Å². The summed E-state index contributed by atoms with van der Waals surface area (Å²) in [5.74, 6) is 1.40. The lowest BCUT2D eigenvalue weighted by atomic mass is 10.1. The fourth-order valence-electron chi connectivity index (χ4n) is 2.61. The van der Waals surface area contributed by atoms with Gasteiger partial charge in [-0.2, -0.15) is 5.10 Å². The molecule has 0 aliphatic heterocycles. The van der Waals surface area contributed by atoms with Crippen molar-refractivity contribution in [3.05, 3.63) is 35.5 Å². The average molecular weight is 285 g/mol. The number of rotatable bonds is 4. The predicted octanol–water partition coefficient (Wildman–Crippen LogP) is 1.91. The van der Waals surface area contributed by atoms with Gasteiger partial charge in [0.2, 0.25) is 5.95 Å². The number of imidazole rings is 1. The fourth-order valence-corrected chi connectivity index (χ4v) is 2.61. The van der Waals surface area contributed by atoms with Gasteiger partial charge < -0.3 is 10.5 Å². The smallest absolute Gasteiger partial charge is 0.202 e. The lowest BCUT2D eigenvalue weighted by Gasteiger charge is -2.07. The van der Waals surface area contributed by atoms with Crippen molar-refractivity contribution >= 4 is 17.1 Å². The molecule has 0 radical (unpaired) electrons. The van der Waals surface area contributed by atoms with Crippen molar-refractivity contribution in [3.8, 4) is 5.75 Å². The van der Waals surface area contributed by atoms with Crippen LogP contribution in [0.5, 0.6) is 5.75 Å². The molecule has 0 saturated carbocycles. The quantitative estimate of drug-likeness (QED) is 0.795. The van der Waals surface area contributed by atoms with Gasteiger partial charge in [-0.3, -0.25) is 9.25 Å². The minimum Gasteiger partial charge on any atom is -0.497 e. The summed E-state index contributed by atoms with van der Waals surface area (Å²) in [5, 5.41) is 4.39. The van der Waals surface area contributed by atoms with Gasteiger partial charge >= 0.3 is 0 Å². The van der Waals surface area contributed by atoms with Crippen molar-refractivity contribution in [2.45, 2.75) is 19.9 Å². The topological polar surface area (TPSA) is 70.9 Å². The first-order valence-electron chi connectivity index (χ1n) is 6.88. The van der Waals surface area contributed by atoms with Crippen LogP contribution in [0.2, 0.25) is 0 Å². The van der Waals surface area contributed by atoms with Crippen molar-refractivity contribution < 1.29 is 4.74 Å². The van der Waals surface area contributed by atoms with E-state index in [0.29, 0.717) is 5.95 Å². The normalized spacial score (nSPS) is 11.2. The molecule has 2 heterocycles. The van der Waals surface area contributed by atoms with Crippen LogP contribution in [0, 0.1) is 6.92 Å². The molecule has 0 aliphatic carbocycles. The van der Waals surface area contributed by atoms with E-state index in [4.69, 9.17) is 10.5 Å². The van der Waals surface area contributed by atoms with E-state index in [1.807, 2.05) is 35.4 Å². The van der Waals surface area contributed by atoms with Crippen molar-refractivity contribution in [3.63, 3.8) is 0 Å². The highest BCUT2D eigenvalue weighted by Crippen LogP contribution is 2.21. The Labute approximate surface area is 123 Å². The van der Waals surface area contributed by atoms with Crippen LogP contribution in [0.3, 0.4) is 0 Å². The second-order valence-corrected chi connectivity index (χ2v) is 5.10. The third kappa shape index (κ3) is 2.33. The van der Waals surface area contributed by atoms with E-state index in [-0.39, 0.29) is 0 Å². The number of hydrogen-bond donors (Lipinski definition) is 1. The largest absolute Gasteiger partial charge is 0.497 e. The van der Waals surface area contributed by atoms with E-state index < -0.39 is 0 Å². The van der Waals surface area contributed by atoms with Crippen LogP contribution in [0.15, 0.2) is 24.3 Å². The van der Waals surface area contributed by atoms with Gasteiger partial charge in [0.25, 0.3) is 0 Å². The minimum atomic E-state index is 0.537. The molecule has 2 N–H and O–H groups in total. The zero-order valence-corrected chi connectivity index (χ0v) is 12.5. The Morgan fingerprint density at radius 1 is 1.24 bits per heavy atom. The fraction of sp³-hybridized carbons (Fsp3) is 0.333. The van der Waals surface area contributed by atoms with E-state index in [2.05, 4.69) is 22.2 Å². The van der Waals surface area contributed by atoms with Crippen molar-refractivity contribution in [2.75, 3.05) is 12.8 Å². The molecule has 0 bridgehead atoms. The van der Waals surface area contributed by atoms with E-state index in [1.54, 1.807) is 7.11 Å². The standard InChI is InChI=1S/C15H19N5O/c1-10-13-14(19(2)18-10)20(15(16)17-13)9-8-11-4-6-12(21-3)7-5-11/h4-7H,8-9H2,1-3H3,(H2,16,17). The number of methoxy groups -OCH3 is 1. The molecule has 3 rings (SSSR count). The number of nitrogens with two attached hydrogens (primary N) is 1. The summed E-state index contributed by atoms with van der Waals surface area (Å²) in [6.45, 7) is 2.72. The highest BCUT2D eigenvalue weighted by atomic mass is 16.5. The Morgan fingerprint density at radius 2 is 1.95 bits per heavy atom. The van der Waals surface area contributed by atoms with Crippen LogP contribution in [0.25, 0.3) is 11.2 Å². The minimum absolute atomic E-state index is 0.537. The lowest BCUT2D eigenvalue weighted by Crippen LogP contribution is -2.08. The number of ether oxygens (including phenoxy) is 1. The third-order valence-electron chi connectivity index (χ3n) is 3.70. The van der Waals surface area contributed by atoms with Crippen LogP contribution in [0.1, 0.15) is 11.3 Å². The molecule has 6 nitrogen and oxygen atoms in total. The molecule has 1 aromatic carbocycles. The highest BCUT2D eigenvalue weighted by molar-refractivity contribution is 5.77. The number of hydrogen-bond acceptors (Lipinski definition) is 4. The zero-order chi connectivity index (χ0) is 15.0. The van der Waals surface area contributed by atoms with Crippen molar-refractivity contribution in [1.29, 1.82) is 0 Å². The van der Waals surface area contributed by atoms with E-state index in [9.17, 15) is 0 Å². The maximum atomic E-state index is 6.04. The molecule has 0 saturated heterocycles. The SMILES string of the molecule is COc1ccc(CCn2c(N)nc3c(C)nn(C)c32)cc1. The van der Waals surface area contributed by atoms with Crippen LogP contribution in [0.4, 0.5) is 5.95 Å². The maximum Gasteiger partial charge on any atom is 0.202 e. The van der Waals surface area contributed by atoms with Crippen LogP contribution in [-0.2, 0) is 20.0 Å². The Morgan fingerprint density at radius 3 is 2.62 bits per heavy atom. The summed E-state index contributed by atoms with van der Waals surface area (Å²) in [7, 11) is 3.59. The summed E-state index contributed by atoms with van der Waals surface area (Å²) in [4.78, 5) is 4.41. The zero-order valence-electron chi connectivity index (χ0n) is 12.5. The summed E-state index contributed by atoms with van der Waals surface area (Å²) >= 11 is 0. The van der Waals surface area contributed by atoms with Gasteiger partial charge in [-0.1, -0.05) is 12.1 Å². The summed E-state index contributed by atoms with van der Waals surface area (Å²) in [6, 6.07) is 8.07. The molecule has 0 fully saturated rings. The predicted molar refractivity (Wildman–Crippen MR) is 82.3 cm³/mol. The molecule has 21 heavy (non-hydrogen) atoms. The van der Waals surface area contributed by atoms with Crippen LogP contribution >= 0.6 is 0 Å². The first-order valence-corrected chi connectivity index (χ1v) is 6.88. The third-order valence-corrected chi connectivity index (χ3v) is 3.70. The van der Waals surface area contributed by atoms with Crippen molar-refractivity contribution in [2.24, 2.45) is 7.05 Å². The molecule has 0 amide bonds. The molecule has 110 valence electrons. The number of nitrogens with zero attached hydrogens (tertiary/aromatic N) is 4. The first kappa shape index (κ1) is 13.5. The van der Waals surface area contributed by atoms with Gasteiger partial charge in [-0.25, -0.2) is 4.98 Å². The van der Waals surface area contributed by atoms with E-state index in [1.165, 1.54) is 5.56 Å². The lowest BCUT2D eigenvalue weighted by molar-refractivity contribution is 0.414. The number of anilines is 1. The van der Waals surface area contributed by atoms with Gasteiger partial charge in [0.1, 0.15) is 11.3 Å². The molecule has 2 aromatic heterocycles. The van der Waals surface area contributed by atoms with E-state index in [0.717, 1.165) is 35.6 Å². The Kier molecular flexibility index (Phi) is 3.29. The van der Waals surface area contributed by atoms with Gasteiger partial charge in [-0.15, -0.1) is 0 Å². The number of aromatic nitrogens is 4. The Hall–Kier alpha value is -2.50. The number of fused-ring (bicyclic) bond motifs is 1. The summed E-state index contributed by atoms with van der Waals surface area (Å²) in [6.07, 6.45) is 0.879. The molecule has 3 aromatic rings. The molecule has 6 heteroatoms. The summed E-state index contributed by atoms with van der Waals surface area (Å²) < 4.78 is 9.02. The van der Waals surface area contributed by atoms with Gasteiger partial charge in [0.15, 0.2) is 5.65 Å². The molecular formula is C15H19N5O. The molecule has 0 atom stereocenters. The molecule has 0 aliphatic rings. The second kappa shape index (κ2) is 5.12. The molecule has 0 unspecified atom stereocenters. The summed E-state index contributed by atoms with van der Waals surface area (Å²) in [5.41, 5.74) is 10.0. The second-order valence-electron chi connectivity index (χ2n) is 5.10. The molecular weight excluding hydrogens is 266 g/mol. The maximum absolute atomic E-state index is 6.04. The monoisotopic (exact) mass is 285 g/mol. The Bertz CT molecular complexity index is 770. The first-order chi connectivity index (χ1) is 10.1. The average Bonchev–Trinajstić information content (AvgIpc) is 2.95. The van der Waals surface area contributed by atoms with E-state index >= 15 is 0 Å². The van der Waals surface area contributed by atoms with Gasteiger partial charge in [0.05, 0.1) is 12.8 Å². The van der Waals surface area contributed by atoms with Crippen LogP contribution in [-0.4, -0.2) is 26.4 Å². The number of nitrogen functional groups attached to an aromatic ring is 1. The van der Waals surface area contributed by atoms with Gasteiger partial charge in [-0.05, 0) is 31.0 Å². The number of aryl methyl sites for hydroxylation is 4.